The summed E-state index contributed by atoms with van der Waals surface area (Å²) >= 11 is 0. The van der Waals surface area contributed by atoms with Gasteiger partial charge in [0.2, 0.25) is 0 Å². The molecule has 0 radical (unpaired) electrons. The van der Waals surface area contributed by atoms with Crippen LogP contribution in [0.4, 0.5) is 0 Å². The summed E-state index contributed by atoms with van der Waals surface area (Å²) in [7, 11) is 0. The van der Waals surface area contributed by atoms with Gasteiger partial charge in [-0.25, -0.2) is 0 Å². The quantitative estimate of drug-likeness (QED) is 0.751. The molecule has 2 aliphatic rings. The number of rotatable bonds is 6. The van der Waals surface area contributed by atoms with Gasteiger partial charge in [-0.2, -0.15) is 0 Å². The summed E-state index contributed by atoms with van der Waals surface area (Å²) in [5, 5.41) is 0. The van der Waals surface area contributed by atoms with Crippen molar-refractivity contribution in [2.75, 3.05) is 13.1 Å². The topological polar surface area (TPSA) is 29.3 Å². The predicted octanol–water partition coefficient (Wildman–Crippen LogP) is 2.77. The molecule has 0 spiro atoms. The molecule has 0 aromatic heterocycles. The molecule has 0 saturated heterocycles. The third kappa shape index (κ3) is 3.46. The molecule has 0 amide bonds. The van der Waals surface area contributed by atoms with Crippen LogP contribution in [0.2, 0.25) is 0 Å². The molecule has 2 nitrogen and oxygen atoms in total. The van der Waals surface area contributed by atoms with Crippen molar-refractivity contribution in [3.63, 3.8) is 0 Å². The molecule has 0 aromatic rings. The Hall–Kier alpha value is -0.0800. The van der Waals surface area contributed by atoms with E-state index in [0.29, 0.717) is 6.04 Å². The summed E-state index contributed by atoms with van der Waals surface area (Å²) < 4.78 is 0. The lowest BCUT2D eigenvalue weighted by atomic mass is 9.84. The summed E-state index contributed by atoms with van der Waals surface area (Å²) in [5.41, 5.74) is 6.40. The SMILES string of the molecule is CCCN(CC(N)C1CCCCC1)C1CC1. The molecule has 0 bridgehead atoms. The average Bonchev–Trinajstić information content (AvgIpc) is 3.13. The molecule has 1 unspecified atom stereocenters. The zero-order valence-electron chi connectivity index (χ0n) is 10.8. The molecule has 2 rings (SSSR count). The van der Waals surface area contributed by atoms with Gasteiger partial charge in [0.15, 0.2) is 0 Å². The first-order valence-corrected chi connectivity index (χ1v) is 7.31. The lowest BCUT2D eigenvalue weighted by Crippen LogP contribution is -2.44. The molecule has 16 heavy (non-hydrogen) atoms. The first-order valence-electron chi connectivity index (χ1n) is 7.31. The molecule has 2 heteroatoms. The van der Waals surface area contributed by atoms with E-state index in [0.717, 1.165) is 18.5 Å². The van der Waals surface area contributed by atoms with Gasteiger partial charge in [-0.15, -0.1) is 0 Å². The van der Waals surface area contributed by atoms with Gasteiger partial charge in [0.1, 0.15) is 0 Å². The summed E-state index contributed by atoms with van der Waals surface area (Å²) in [6.07, 6.45) is 11.1. The smallest absolute Gasteiger partial charge is 0.0196 e. The Bertz CT molecular complexity index is 195. The van der Waals surface area contributed by atoms with Crippen LogP contribution in [-0.4, -0.2) is 30.1 Å². The van der Waals surface area contributed by atoms with Gasteiger partial charge in [0, 0.05) is 18.6 Å². The maximum atomic E-state index is 6.40. The van der Waals surface area contributed by atoms with E-state index in [-0.39, 0.29) is 0 Å². The van der Waals surface area contributed by atoms with Crippen LogP contribution in [0.15, 0.2) is 0 Å². The number of nitrogens with zero attached hydrogens (tertiary/aromatic N) is 1. The molecule has 1 atom stereocenters. The van der Waals surface area contributed by atoms with E-state index in [1.807, 2.05) is 0 Å². The largest absolute Gasteiger partial charge is 0.326 e. The van der Waals surface area contributed by atoms with E-state index in [1.54, 1.807) is 0 Å². The molecule has 0 aromatic carbocycles. The minimum atomic E-state index is 0.437. The average molecular weight is 224 g/mol. The van der Waals surface area contributed by atoms with Crippen molar-refractivity contribution >= 4 is 0 Å². The van der Waals surface area contributed by atoms with E-state index < -0.39 is 0 Å². The van der Waals surface area contributed by atoms with Gasteiger partial charge in [-0.1, -0.05) is 26.2 Å². The lowest BCUT2D eigenvalue weighted by molar-refractivity contribution is 0.199. The Morgan fingerprint density at radius 3 is 2.38 bits per heavy atom. The zero-order chi connectivity index (χ0) is 11.4. The van der Waals surface area contributed by atoms with Gasteiger partial charge < -0.3 is 5.73 Å². The second kappa shape index (κ2) is 6.02. The highest BCUT2D eigenvalue weighted by molar-refractivity contribution is 4.88. The van der Waals surface area contributed by atoms with Crippen LogP contribution in [0.5, 0.6) is 0 Å². The highest BCUT2D eigenvalue weighted by atomic mass is 15.2. The van der Waals surface area contributed by atoms with Crippen LogP contribution >= 0.6 is 0 Å². The molecule has 2 saturated carbocycles. The Labute approximate surface area is 101 Å². The number of nitrogens with two attached hydrogens (primary N) is 1. The Kier molecular flexibility index (Phi) is 4.66. The van der Waals surface area contributed by atoms with Crippen molar-refractivity contribution in [3.8, 4) is 0 Å². The van der Waals surface area contributed by atoms with Crippen LogP contribution in [0.3, 0.4) is 0 Å². The fourth-order valence-corrected chi connectivity index (χ4v) is 3.13. The van der Waals surface area contributed by atoms with Crippen LogP contribution in [-0.2, 0) is 0 Å². The summed E-state index contributed by atoms with van der Waals surface area (Å²) in [4.78, 5) is 2.65. The van der Waals surface area contributed by atoms with Gasteiger partial charge in [0.25, 0.3) is 0 Å². The van der Waals surface area contributed by atoms with E-state index in [2.05, 4.69) is 11.8 Å². The van der Waals surface area contributed by atoms with Crippen molar-refractivity contribution in [2.45, 2.75) is 70.4 Å². The van der Waals surface area contributed by atoms with E-state index in [1.165, 1.54) is 57.9 Å². The molecule has 0 aliphatic heterocycles. The van der Waals surface area contributed by atoms with E-state index in [9.17, 15) is 0 Å². The van der Waals surface area contributed by atoms with E-state index >= 15 is 0 Å². The number of hydrogen-bond acceptors (Lipinski definition) is 2. The third-order valence-electron chi connectivity index (χ3n) is 4.27. The van der Waals surface area contributed by atoms with Crippen molar-refractivity contribution in [2.24, 2.45) is 11.7 Å². The van der Waals surface area contributed by atoms with E-state index in [4.69, 9.17) is 5.73 Å². The predicted molar refractivity (Wildman–Crippen MR) is 69.4 cm³/mol. The lowest BCUT2D eigenvalue weighted by Gasteiger charge is -2.32. The third-order valence-corrected chi connectivity index (χ3v) is 4.27. The Morgan fingerprint density at radius 1 is 1.12 bits per heavy atom. The zero-order valence-corrected chi connectivity index (χ0v) is 10.8. The van der Waals surface area contributed by atoms with Gasteiger partial charge in [0.05, 0.1) is 0 Å². The highest BCUT2D eigenvalue weighted by Gasteiger charge is 2.31. The van der Waals surface area contributed by atoms with Crippen LogP contribution in [0.25, 0.3) is 0 Å². The second-order valence-electron chi connectivity index (χ2n) is 5.79. The Morgan fingerprint density at radius 2 is 1.81 bits per heavy atom. The number of hydrogen-bond donors (Lipinski definition) is 1. The molecule has 2 N–H and O–H groups in total. The van der Waals surface area contributed by atoms with Crippen LogP contribution < -0.4 is 5.73 Å². The molecule has 94 valence electrons. The van der Waals surface area contributed by atoms with Crippen LogP contribution in [0.1, 0.15) is 58.3 Å². The minimum Gasteiger partial charge on any atom is -0.326 e. The summed E-state index contributed by atoms with van der Waals surface area (Å²) in [6.45, 7) is 4.69. The molecule has 2 fully saturated rings. The highest BCUT2D eigenvalue weighted by Crippen LogP contribution is 2.30. The summed E-state index contributed by atoms with van der Waals surface area (Å²) in [5.74, 6) is 0.812. The fraction of sp³-hybridized carbons (Fsp3) is 1.00. The monoisotopic (exact) mass is 224 g/mol. The molecular formula is C14H28N2. The van der Waals surface area contributed by atoms with Crippen molar-refractivity contribution in [1.29, 1.82) is 0 Å². The van der Waals surface area contributed by atoms with Crippen molar-refractivity contribution in [3.05, 3.63) is 0 Å². The van der Waals surface area contributed by atoms with Gasteiger partial charge in [-0.05, 0) is 44.6 Å². The van der Waals surface area contributed by atoms with Gasteiger partial charge in [-0.3, -0.25) is 4.90 Å². The maximum absolute atomic E-state index is 6.40. The fourth-order valence-electron chi connectivity index (χ4n) is 3.13. The summed E-state index contributed by atoms with van der Waals surface area (Å²) in [6, 6.07) is 1.32. The first kappa shape index (κ1) is 12.4. The van der Waals surface area contributed by atoms with Crippen molar-refractivity contribution in [1.82, 2.24) is 4.90 Å². The normalized spacial score (nSPS) is 24.9. The second-order valence-corrected chi connectivity index (χ2v) is 5.79. The molecule has 2 aliphatic carbocycles. The maximum Gasteiger partial charge on any atom is 0.0196 e. The standard InChI is InChI=1S/C14H28N2/c1-2-10-16(13-8-9-13)11-14(15)12-6-4-3-5-7-12/h12-14H,2-11,15H2,1H3. The molecule has 0 heterocycles. The first-order chi connectivity index (χ1) is 7.81. The Balaban J connectivity index is 1.76. The molecular weight excluding hydrogens is 196 g/mol. The van der Waals surface area contributed by atoms with Crippen LogP contribution in [0, 0.1) is 5.92 Å². The van der Waals surface area contributed by atoms with Crippen molar-refractivity contribution < 1.29 is 0 Å². The van der Waals surface area contributed by atoms with Gasteiger partial charge >= 0.3 is 0 Å². The minimum absolute atomic E-state index is 0.437.